The molecular weight excluding hydrogens is 371 g/mol. The largest absolute Gasteiger partial charge is 0.493 e. The molecule has 0 amide bonds. The lowest BCUT2D eigenvalue weighted by atomic mass is 10.3. The molecule has 7 heteroatoms. The topological polar surface area (TPSA) is 37.5 Å². The second-order valence-corrected chi connectivity index (χ2v) is 7.15. The van der Waals surface area contributed by atoms with Gasteiger partial charge in [0.15, 0.2) is 3.95 Å². The predicted molar refractivity (Wildman–Crippen MR) is 99.9 cm³/mol. The number of benzene rings is 2. The Morgan fingerprint density at radius 2 is 1.57 bits per heavy atom. The van der Waals surface area contributed by atoms with E-state index >= 15 is 0 Å². The number of hydrogen-bond acceptors (Lipinski definition) is 4. The first-order chi connectivity index (χ1) is 11.0. The molecule has 0 saturated carbocycles. The van der Waals surface area contributed by atoms with Gasteiger partial charge in [-0.25, -0.2) is 0 Å². The molecule has 2 aromatic carbocycles. The second-order valence-electron chi connectivity index (χ2n) is 4.60. The Hall–Kier alpha value is -1.66. The number of aromatic nitrogens is 1. The lowest BCUT2D eigenvalue weighted by Gasteiger charge is -2.04. The molecule has 0 aliphatic heterocycles. The molecule has 0 fully saturated rings. The zero-order chi connectivity index (χ0) is 16.4. The van der Waals surface area contributed by atoms with Crippen molar-refractivity contribution in [1.29, 1.82) is 0 Å². The zero-order valence-corrected chi connectivity index (χ0v) is 14.8. The summed E-state index contributed by atoms with van der Waals surface area (Å²) in [7, 11) is 0. The number of thiazole rings is 1. The van der Waals surface area contributed by atoms with Gasteiger partial charge in [-0.3, -0.25) is 9.56 Å². The summed E-state index contributed by atoms with van der Waals surface area (Å²) in [6.07, 6.45) is 1.59. The summed E-state index contributed by atoms with van der Waals surface area (Å²) in [6, 6.07) is 14.2. The average Bonchev–Trinajstić information content (AvgIpc) is 2.82. The Balaban J connectivity index is 1.96. The fourth-order valence-electron chi connectivity index (χ4n) is 1.94. The summed E-state index contributed by atoms with van der Waals surface area (Å²) in [5.41, 5.74) is 1.49. The molecular formula is C16H10Cl2N2OS2. The van der Waals surface area contributed by atoms with Crippen molar-refractivity contribution >= 4 is 58.7 Å². The molecule has 0 aliphatic carbocycles. The van der Waals surface area contributed by atoms with Crippen LogP contribution >= 0.6 is 46.8 Å². The first-order valence-electron chi connectivity index (χ1n) is 6.55. The van der Waals surface area contributed by atoms with Crippen molar-refractivity contribution in [2.75, 3.05) is 0 Å². The molecule has 3 nitrogen and oxygen atoms in total. The molecule has 1 heterocycles. The summed E-state index contributed by atoms with van der Waals surface area (Å²) in [5.74, 6) is 0.0556. The fraction of sp³-hybridized carbons (Fsp3) is 0. The van der Waals surface area contributed by atoms with Crippen molar-refractivity contribution in [2.24, 2.45) is 4.99 Å². The molecule has 0 atom stereocenters. The summed E-state index contributed by atoms with van der Waals surface area (Å²) >= 11 is 18.3. The van der Waals surface area contributed by atoms with Gasteiger partial charge in [0.25, 0.3) is 0 Å². The van der Waals surface area contributed by atoms with Crippen LogP contribution in [-0.2, 0) is 0 Å². The minimum Gasteiger partial charge on any atom is -0.493 e. The molecule has 23 heavy (non-hydrogen) atoms. The standard InChI is InChI=1S/C16H10Cl2N2OS2/c17-10-1-5-12(6-2-10)19-9-14-15(21)20(16(22)23-14)13-7-3-11(18)4-8-13/h1-9,21H. The minimum absolute atomic E-state index is 0.0556. The Bertz CT molecular complexity index is 913. The lowest BCUT2D eigenvalue weighted by Crippen LogP contribution is -1.92. The molecule has 3 aromatic rings. The minimum atomic E-state index is 0.0556. The molecule has 0 aliphatic rings. The van der Waals surface area contributed by atoms with Gasteiger partial charge in [-0.2, -0.15) is 0 Å². The first kappa shape index (κ1) is 16.2. The van der Waals surface area contributed by atoms with Gasteiger partial charge in [0.1, 0.15) is 4.88 Å². The van der Waals surface area contributed by atoms with E-state index in [1.165, 1.54) is 11.3 Å². The third-order valence-electron chi connectivity index (χ3n) is 3.05. The first-order valence-corrected chi connectivity index (χ1v) is 8.53. The Morgan fingerprint density at radius 3 is 2.17 bits per heavy atom. The molecule has 1 aromatic heterocycles. The number of aliphatic imine (C=N–C) groups is 1. The highest BCUT2D eigenvalue weighted by Crippen LogP contribution is 2.29. The summed E-state index contributed by atoms with van der Waals surface area (Å²) in [6.45, 7) is 0. The average molecular weight is 381 g/mol. The van der Waals surface area contributed by atoms with Crippen molar-refractivity contribution in [3.8, 4) is 11.6 Å². The van der Waals surface area contributed by atoms with Gasteiger partial charge in [0.05, 0.1) is 17.6 Å². The van der Waals surface area contributed by atoms with E-state index in [2.05, 4.69) is 4.99 Å². The van der Waals surface area contributed by atoms with Crippen molar-refractivity contribution in [3.63, 3.8) is 0 Å². The molecule has 0 unspecified atom stereocenters. The molecule has 0 radical (unpaired) electrons. The zero-order valence-electron chi connectivity index (χ0n) is 11.6. The van der Waals surface area contributed by atoms with Crippen LogP contribution in [0, 0.1) is 3.95 Å². The maximum atomic E-state index is 10.4. The number of hydrogen-bond donors (Lipinski definition) is 1. The van der Waals surface area contributed by atoms with Gasteiger partial charge >= 0.3 is 0 Å². The Labute approximate surface area is 152 Å². The highest BCUT2D eigenvalue weighted by molar-refractivity contribution is 7.73. The third kappa shape index (κ3) is 3.64. The SMILES string of the molecule is Oc1c(C=Nc2ccc(Cl)cc2)sc(=S)n1-c1ccc(Cl)cc1. The van der Waals surface area contributed by atoms with Crippen molar-refractivity contribution < 1.29 is 5.11 Å². The molecule has 3 rings (SSSR count). The molecule has 116 valence electrons. The monoisotopic (exact) mass is 380 g/mol. The highest BCUT2D eigenvalue weighted by Gasteiger charge is 2.11. The van der Waals surface area contributed by atoms with Crippen molar-refractivity contribution in [2.45, 2.75) is 0 Å². The van der Waals surface area contributed by atoms with Crippen LogP contribution in [0.3, 0.4) is 0 Å². The predicted octanol–water partition coefficient (Wildman–Crippen LogP) is 6.03. The smallest absolute Gasteiger partial charge is 0.216 e. The van der Waals surface area contributed by atoms with Crippen molar-refractivity contribution in [1.82, 2.24) is 4.57 Å². The summed E-state index contributed by atoms with van der Waals surface area (Å²) in [5, 5.41) is 11.7. The van der Waals surface area contributed by atoms with E-state index in [0.29, 0.717) is 18.9 Å². The second kappa shape index (κ2) is 6.84. The van der Waals surface area contributed by atoms with Gasteiger partial charge < -0.3 is 5.11 Å². The van der Waals surface area contributed by atoms with Crippen LogP contribution in [-0.4, -0.2) is 15.9 Å². The van der Waals surface area contributed by atoms with E-state index < -0.39 is 0 Å². The van der Waals surface area contributed by atoms with Gasteiger partial charge in [-0.15, -0.1) is 0 Å². The van der Waals surface area contributed by atoms with E-state index in [1.807, 2.05) is 0 Å². The van der Waals surface area contributed by atoms with Crippen LogP contribution < -0.4 is 0 Å². The molecule has 0 bridgehead atoms. The normalized spacial score (nSPS) is 11.2. The van der Waals surface area contributed by atoms with Crippen LogP contribution in [0.1, 0.15) is 4.88 Å². The van der Waals surface area contributed by atoms with Gasteiger partial charge in [-0.05, 0) is 60.7 Å². The molecule has 0 saturated heterocycles. The number of nitrogens with zero attached hydrogens (tertiary/aromatic N) is 2. The maximum absolute atomic E-state index is 10.4. The number of halogens is 2. The maximum Gasteiger partial charge on any atom is 0.216 e. The lowest BCUT2D eigenvalue weighted by molar-refractivity contribution is 0.441. The van der Waals surface area contributed by atoms with Crippen LogP contribution in [0.2, 0.25) is 10.0 Å². The number of aromatic hydroxyl groups is 1. The van der Waals surface area contributed by atoms with Crippen LogP contribution in [0.15, 0.2) is 53.5 Å². The molecule has 0 spiro atoms. The van der Waals surface area contributed by atoms with Gasteiger partial charge in [-0.1, -0.05) is 34.5 Å². The van der Waals surface area contributed by atoms with E-state index in [4.69, 9.17) is 35.4 Å². The van der Waals surface area contributed by atoms with Crippen molar-refractivity contribution in [3.05, 3.63) is 67.4 Å². The van der Waals surface area contributed by atoms with Crippen LogP contribution in [0.4, 0.5) is 5.69 Å². The summed E-state index contributed by atoms with van der Waals surface area (Å²) in [4.78, 5) is 4.91. The quantitative estimate of drug-likeness (QED) is 0.444. The van der Waals surface area contributed by atoms with Crippen LogP contribution in [0.25, 0.3) is 5.69 Å². The van der Waals surface area contributed by atoms with E-state index in [-0.39, 0.29) is 5.88 Å². The van der Waals surface area contributed by atoms with Crippen LogP contribution in [0.5, 0.6) is 5.88 Å². The Kier molecular flexibility index (Phi) is 4.82. The molecule has 1 N–H and O–H groups in total. The highest BCUT2D eigenvalue weighted by atomic mass is 35.5. The fourth-order valence-corrected chi connectivity index (χ4v) is 3.42. The van der Waals surface area contributed by atoms with Gasteiger partial charge in [0, 0.05) is 10.0 Å². The summed E-state index contributed by atoms with van der Waals surface area (Å²) < 4.78 is 2.11. The van der Waals surface area contributed by atoms with E-state index in [0.717, 1.165) is 11.4 Å². The van der Waals surface area contributed by atoms with Gasteiger partial charge in [0.2, 0.25) is 5.88 Å². The Morgan fingerprint density at radius 1 is 1.00 bits per heavy atom. The third-order valence-corrected chi connectivity index (χ3v) is 4.86. The van der Waals surface area contributed by atoms with E-state index in [9.17, 15) is 5.11 Å². The number of rotatable bonds is 3. The van der Waals surface area contributed by atoms with E-state index in [1.54, 1.807) is 59.3 Å².